The Kier molecular flexibility index (Phi) is 7.18. The molecule has 2 aliphatic rings. The highest BCUT2D eigenvalue weighted by Crippen LogP contribution is 2.21. The maximum Gasteiger partial charge on any atom is 0.410 e. The molecule has 2 saturated heterocycles. The summed E-state index contributed by atoms with van der Waals surface area (Å²) in [6.07, 6.45) is 2.52. The fourth-order valence-electron chi connectivity index (χ4n) is 4.00. The zero-order chi connectivity index (χ0) is 22.6. The zero-order valence-electron chi connectivity index (χ0n) is 18.5. The standard InChI is InChI=1S/C23H32FN3O4/c1-23(2,3)31-22(30)26-13-10-19(11-14-26)25-20(28)17-5-4-12-27(15-17)21(29)16-6-8-18(24)9-7-16/h6-9,17,19H,4-5,10-15H2,1-3H3,(H,25,28). The van der Waals surface area contributed by atoms with E-state index in [1.807, 2.05) is 20.8 Å². The minimum Gasteiger partial charge on any atom is -0.444 e. The molecule has 2 aliphatic heterocycles. The Morgan fingerprint density at radius 2 is 1.65 bits per heavy atom. The number of piperidine rings is 2. The van der Waals surface area contributed by atoms with E-state index in [0.29, 0.717) is 44.6 Å². The highest BCUT2D eigenvalue weighted by atomic mass is 19.1. The van der Waals surface area contributed by atoms with Crippen LogP contribution in [0, 0.1) is 11.7 Å². The van der Waals surface area contributed by atoms with Crippen molar-refractivity contribution in [2.24, 2.45) is 5.92 Å². The van der Waals surface area contributed by atoms with Gasteiger partial charge in [-0.15, -0.1) is 0 Å². The molecule has 1 atom stereocenters. The number of hydrogen-bond donors (Lipinski definition) is 1. The summed E-state index contributed by atoms with van der Waals surface area (Å²) in [6.45, 7) is 7.55. The fourth-order valence-corrected chi connectivity index (χ4v) is 4.00. The summed E-state index contributed by atoms with van der Waals surface area (Å²) in [4.78, 5) is 41.0. The molecule has 0 saturated carbocycles. The minimum atomic E-state index is -0.527. The van der Waals surface area contributed by atoms with Gasteiger partial charge in [0.2, 0.25) is 5.91 Å². The number of halogens is 1. The topological polar surface area (TPSA) is 79.0 Å². The van der Waals surface area contributed by atoms with Crippen LogP contribution in [0.4, 0.5) is 9.18 Å². The van der Waals surface area contributed by atoms with Gasteiger partial charge in [-0.3, -0.25) is 9.59 Å². The Morgan fingerprint density at radius 3 is 2.26 bits per heavy atom. The van der Waals surface area contributed by atoms with E-state index in [-0.39, 0.29) is 35.7 Å². The molecule has 31 heavy (non-hydrogen) atoms. The number of hydrogen-bond acceptors (Lipinski definition) is 4. The van der Waals surface area contributed by atoms with Crippen LogP contribution in [0.15, 0.2) is 24.3 Å². The average molecular weight is 434 g/mol. The second-order valence-corrected chi connectivity index (χ2v) is 9.35. The van der Waals surface area contributed by atoms with Gasteiger partial charge in [0.1, 0.15) is 11.4 Å². The van der Waals surface area contributed by atoms with Crippen LogP contribution >= 0.6 is 0 Å². The summed E-state index contributed by atoms with van der Waals surface area (Å²) in [5.41, 5.74) is -0.0997. The molecule has 170 valence electrons. The van der Waals surface area contributed by atoms with Crippen LogP contribution in [0.2, 0.25) is 0 Å². The van der Waals surface area contributed by atoms with Crippen molar-refractivity contribution in [2.45, 2.75) is 58.1 Å². The maximum atomic E-state index is 13.1. The lowest BCUT2D eigenvalue weighted by Crippen LogP contribution is -2.51. The number of nitrogens with zero attached hydrogens (tertiary/aromatic N) is 2. The van der Waals surface area contributed by atoms with E-state index in [2.05, 4.69) is 5.32 Å². The summed E-state index contributed by atoms with van der Waals surface area (Å²) in [7, 11) is 0. The van der Waals surface area contributed by atoms with E-state index < -0.39 is 5.60 Å². The molecule has 1 unspecified atom stereocenters. The highest BCUT2D eigenvalue weighted by Gasteiger charge is 2.32. The van der Waals surface area contributed by atoms with Crippen LogP contribution in [0.25, 0.3) is 0 Å². The lowest BCUT2D eigenvalue weighted by atomic mass is 9.95. The zero-order valence-corrected chi connectivity index (χ0v) is 18.5. The van der Waals surface area contributed by atoms with E-state index in [4.69, 9.17) is 4.74 Å². The van der Waals surface area contributed by atoms with E-state index in [9.17, 15) is 18.8 Å². The van der Waals surface area contributed by atoms with E-state index in [1.54, 1.807) is 9.80 Å². The third-order valence-electron chi connectivity index (χ3n) is 5.66. The van der Waals surface area contributed by atoms with Crippen molar-refractivity contribution in [2.75, 3.05) is 26.2 Å². The summed E-state index contributed by atoms with van der Waals surface area (Å²) < 4.78 is 18.5. The summed E-state index contributed by atoms with van der Waals surface area (Å²) in [5.74, 6) is -0.873. The van der Waals surface area contributed by atoms with Crippen LogP contribution in [0.3, 0.4) is 0 Å². The molecule has 2 fully saturated rings. The van der Waals surface area contributed by atoms with Gasteiger partial charge < -0.3 is 19.9 Å². The molecular weight excluding hydrogens is 401 g/mol. The van der Waals surface area contributed by atoms with Gasteiger partial charge in [0.25, 0.3) is 5.91 Å². The molecule has 8 heteroatoms. The van der Waals surface area contributed by atoms with E-state index >= 15 is 0 Å². The van der Waals surface area contributed by atoms with Crippen molar-refractivity contribution in [1.82, 2.24) is 15.1 Å². The summed E-state index contributed by atoms with van der Waals surface area (Å²) in [5, 5.41) is 3.10. The van der Waals surface area contributed by atoms with Gasteiger partial charge in [-0.05, 0) is 70.7 Å². The third kappa shape index (κ3) is 6.42. The first-order chi connectivity index (χ1) is 14.6. The first-order valence-corrected chi connectivity index (χ1v) is 11.0. The molecule has 0 aromatic heterocycles. The van der Waals surface area contributed by atoms with Gasteiger partial charge >= 0.3 is 6.09 Å². The van der Waals surface area contributed by atoms with Gasteiger partial charge in [0.05, 0.1) is 5.92 Å². The molecule has 1 aromatic rings. The van der Waals surface area contributed by atoms with Crippen LogP contribution < -0.4 is 5.32 Å². The van der Waals surface area contributed by atoms with Crippen LogP contribution in [-0.2, 0) is 9.53 Å². The number of carbonyl (C=O) groups excluding carboxylic acids is 3. The van der Waals surface area contributed by atoms with E-state index in [1.165, 1.54) is 24.3 Å². The molecule has 0 spiro atoms. The van der Waals surface area contributed by atoms with Crippen molar-refractivity contribution >= 4 is 17.9 Å². The molecule has 3 rings (SSSR count). The Morgan fingerprint density at radius 1 is 1.00 bits per heavy atom. The van der Waals surface area contributed by atoms with Gasteiger partial charge in [0.15, 0.2) is 0 Å². The second kappa shape index (κ2) is 9.66. The van der Waals surface area contributed by atoms with Gasteiger partial charge in [-0.2, -0.15) is 0 Å². The van der Waals surface area contributed by atoms with Crippen LogP contribution in [0.1, 0.15) is 56.8 Å². The first kappa shape index (κ1) is 23.0. The average Bonchev–Trinajstić information content (AvgIpc) is 2.73. The predicted octanol–water partition coefficient (Wildman–Crippen LogP) is 3.19. The van der Waals surface area contributed by atoms with Gasteiger partial charge in [-0.1, -0.05) is 0 Å². The minimum absolute atomic E-state index is 0.00867. The normalized spacial score (nSPS) is 20.3. The number of amides is 3. The molecule has 3 amide bonds. The molecule has 7 nitrogen and oxygen atoms in total. The van der Waals surface area contributed by atoms with Crippen molar-refractivity contribution in [3.05, 3.63) is 35.6 Å². The van der Waals surface area contributed by atoms with Gasteiger partial charge in [0, 0.05) is 37.8 Å². The fraction of sp³-hybridized carbons (Fsp3) is 0.609. The predicted molar refractivity (Wildman–Crippen MR) is 114 cm³/mol. The van der Waals surface area contributed by atoms with Crippen LogP contribution in [-0.4, -0.2) is 65.5 Å². The maximum absolute atomic E-state index is 13.1. The molecule has 1 N–H and O–H groups in total. The van der Waals surface area contributed by atoms with Crippen molar-refractivity contribution in [1.29, 1.82) is 0 Å². The highest BCUT2D eigenvalue weighted by molar-refractivity contribution is 5.94. The lowest BCUT2D eigenvalue weighted by molar-refractivity contribution is -0.127. The smallest absolute Gasteiger partial charge is 0.410 e. The number of carbonyl (C=O) groups is 3. The summed E-state index contributed by atoms with van der Waals surface area (Å²) in [6, 6.07) is 5.49. The molecule has 2 heterocycles. The Labute approximate surface area is 182 Å². The van der Waals surface area contributed by atoms with Gasteiger partial charge in [-0.25, -0.2) is 9.18 Å². The Hall–Kier alpha value is -2.64. The second-order valence-electron chi connectivity index (χ2n) is 9.35. The summed E-state index contributed by atoms with van der Waals surface area (Å²) >= 11 is 0. The number of rotatable bonds is 3. The molecular formula is C23H32FN3O4. The largest absolute Gasteiger partial charge is 0.444 e. The third-order valence-corrected chi connectivity index (χ3v) is 5.66. The van der Waals surface area contributed by atoms with Crippen molar-refractivity contribution in [3.8, 4) is 0 Å². The molecule has 1 aromatic carbocycles. The Bertz CT molecular complexity index is 798. The number of ether oxygens (including phenoxy) is 1. The Balaban J connectivity index is 1.48. The lowest BCUT2D eigenvalue weighted by Gasteiger charge is -2.36. The number of benzene rings is 1. The number of nitrogens with one attached hydrogen (secondary N) is 1. The van der Waals surface area contributed by atoms with Crippen LogP contribution in [0.5, 0.6) is 0 Å². The monoisotopic (exact) mass is 433 g/mol. The van der Waals surface area contributed by atoms with Crippen molar-refractivity contribution < 1.29 is 23.5 Å². The number of likely N-dealkylation sites (tertiary alicyclic amines) is 2. The SMILES string of the molecule is CC(C)(C)OC(=O)N1CCC(NC(=O)C2CCCN(C(=O)c3ccc(F)cc3)C2)CC1. The van der Waals surface area contributed by atoms with E-state index in [0.717, 1.165) is 12.8 Å². The molecule has 0 radical (unpaired) electrons. The first-order valence-electron chi connectivity index (χ1n) is 11.0. The molecule has 0 aliphatic carbocycles. The van der Waals surface area contributed by atoms with Crippen molar-refractivity contribution in [3.63, 3.8) is 0 Å². The quantitative estimate of drug-likeness (QED) is 0.794. The molecule has 0 bridgehead atoms.